The van der Waals surface area contributed by atoms with Crippen molar-refractivity contribution >= 4 is 23.1 Å². The van der Waals surface area contributed by atoms with Gasteiger partial charge in [0.05, 0.1) is 11.9 Å². The Labute approximate surface area is 156 Å². The molecule has 3 rings (SSSR count). The first kappa shape index (κ1) is 17.3. The Morgan fingerprint density at radius 1 is 1.00 bits per heavy atom. The highest BCUT2D eigenvalue weighted by molar-refractivity contribution is 8.00. The zero-order valence-electron chi connectivity index (χ0n) is 12.2. The molecule has 2 nitrogen and oxygen atoms in total. The summed E-state index contributed by atoms with van der Waals surface area (Å²) in [6.45, 7) is 0.815. The highest BCUT2D eigenvalue weighted by Gasteiger charge is 2.21. The molecule has 0 saturated carbocycles. The van der Waals surface area contributed by atoms with Crippen LogP contribution in [0.5, 0.6) is 0 Å². The van der Waals surface area contributed by atoms with E-state index in [1.54, 1.807) is 23.1 Å². The lowest BCUT2D eigenvalue weighted by Gasteiger charge is -2.03. The van der Waals surface area contributed by atoms with Gasteiger partial charge in [-0.3, -0.25) is 0 Å². The molecule has 0 fully saturated rings. The first-order valence-electron chi connectivity index (χ1n) is 6.79. The molecular formula is C17H17IN2S2. The molecule has 0 spiro atoms. The number of hydrogen-bond donors (Lipinski definition) is 1. The van der Waals surface area contributed by atoms with Crippen molar-refractivity contribution < 1.29 is 28.7 Å². The third-order valence-corrected chi connectivity index (χ3v) is 5.27. The van der Waals surface area contributed by atoms with E-state index in [0.29, 0.717) is 0 Å². The van der Waals surface area contributed by atoms with Crippen LogP contribution in [0.1, 0.15) is 5.56 Å². The lowest BCUT2D eigenvalue weighted by Crippen LogP contribution is -3.00. The Balaban J connectivity index is 0.00000176. The molecule has 2 aromatic carbocycles. The van der Waals surface area contributed by atoms with E-state index >= 15 is 0 Å². The van der Waals surface area contributed by atoms with E-state index in [1.807, 2.05) is 12.1 Å². The summed E-state index contributed by atoms with van der Waals surface area (Å²) in [5, 5.41) is 2.21. The summed E-state index contributed by atoms with van der Waals surface area (Å²) in [6, 6.07) is 21.0. The predicted molar refractivity (Wildman–Crippen MR) is 91.2 cm³/mol. The average molecular weight is 440 g/mol. The minimum absolute atomic E-state index is 0. The Kier molecular flexibility index (Phi) is 6.72. The lowest BCUT2D eigenvalue weighted by atomic mass is 10.2. The van der Waals surface area contributed by atoms with Crippen molar-refractivity contribution in [3.63, 3.8) is 0 Å². The fraction of sp³-hybridized carbons (Fsp3) is 0.118. The molecule has 0 unspecified atom stereocenters. The minimum atomic E-state index is 0. The van der Waals surface area contributed by atoms with Crippen molar-refractivity contribution in [3.8, 4) is 11.3 Å². The van der Waals surface area contributed by atoms with Gasteiger partial charge in [0, 0.05) is 5.56 Å². The number of nitrogens with one attached hydrogen (secondary N) is 1. The van der Waals surface area contributed by atoms with Crippen LogP contribution in [0.25, 0.3) is 11.3 Å². The molecule has 0 bridgehead atoms. The van der Waals surface area contributed by atoms with Crippen LogP contribution in [0.4, 0.5) is 0 Å². The van der Waals surface area contributed by atoms with Gasteiger partial charge in [-0.15, -0.1) is 0 Å². The fourth-order valence-corrected chi connectivity index (χ4v) is 3.77. The molecule has 114 valence electrons. The smallest absolute Gasteiger partial charge is 0.326 e. The molecule has 1 N–H and O–H groups in total. The third kappa shape index (κ3) is 4.02. The number of thiazole rings is 1. The second-order valence-corrected chi connectivity index (χ2v) is 6.52. The van der Waals surface area contributed by atoms with Gasteiger partial charge in [-0.1, -0.05) is 64.5 Å². The molecule has 0 saturated heterocycles. The maximum absolute atomic E-state index is 3.53. The summed E-state index contributed by atoms with van der Waals surface area (Å²) in [4.78, 5) is 0. The Morgan fingerprint density at radius 3 is 2.27 bits per heavy atom. The van der Waals surface area contributed by atoms with Crippen LogP contribution in [-0.4, -0.2) is 6.26 Å². The van der Waals surface area contributed by atoms with Gasteiger partial charge >= 0.3 is 4.34 Å². The molecule has 5 heteroatoms. The number of hydrogen-bond acceptors (Lipinski definition) is 3. The van der Waals surface area contributed by atoms with Gasteiger partial charge in [0.25, 0.3) is 5.69 Å². The van der Waals surface area contributed by atoms with E-state index in [9.17, 15) is 0 Å². The molecular weight excluding hydrogens is 423 g/mol. The Hall–Kier alpha value is -1.05. The van der Waals surface area contributed by atoms with Crippen LogP contribution in [0.2, 0.25) is 0 Å². The molecule has 1 aromatic heterocycles. The monoisotopic (exact) mass is 440 g/mol. The number of rotatable bonds is 5. The summed E-state index contributed by atoms with van der Waals surface area (Å²) in [5.41, 5.74) is 7.25. The second kappa shape index (κ2) is 8.55. The Morgan fingerprint density at radius 2 is 1.64 bits per heavy atom. The number of nitrogens with zero attached hydrogens (tertiary/aromatic N) is 1. The lowest BCUT2D eigenvalue weighted by molar-refractivity contribution is -0.671. The van der Waals surface area contributed by atoms with E-state index in [1.165, 1.54) is 21.2 Å². The van der Waals surface area contributed by atoms with Crippen molar-refractivity contribution in [3.05, 3.63) is 71.6 Å². The van der Waals surface area contributed by atoms with Gasteiger partial charge in [-0.25, -0.2) is 0 Å². The highest BCUT2D eigenvalue weighted by Crippen LogP contribution is 2.24. The standard InChI is InChI=1S/C17H17N2S2.HI/c1-20-17-19(18-12-14-8-4-2-5-9-14)16(13-21-17)15-10-6-3-7-11-15;/h2-11,13,18H,12H2,1H3;1H/q+1;/p-1. The summed E-state index contributed by atoms with van der Waals surface area (Å²) in [5.74, 6) is 0. The van der Waals surface area contributed by atoms with Gasteiger partial charge in [-0.2, -0.15) is 5.43 Å². The molecule has 0 aliphatic heterocycles. The van der Waals surface area contributed by atoms with Crippen LogP contribution in [0.3, 0.4) is 0 Å². The third-order valence-electron chi connectivity index (χ3n) is 3.22. The van der Waals surface area contributed by atoms with Crippen molar-refractivity contribution in [2.24, 2.45) is 0 Å². The number of aromatic nitrogens is 1. The van der Waals surface area contributed by atoms with Crippen molar-refractivity contribution in [1.29, 1.82) is 0 Å². The maximum atomic E-state index is 3.53. The zero-order chi connectivity index (χ0) is 14.5. The molecule has 0 aliphatic rings. The molecule has 0 atom stereocenters. The summed E-state index contributed by atoms with van der Waals surface area (Å²) < 4.78 is 3.45. The van der Waals surface area contributed by atoms with Crippen LogP contribution in [-0.2, 0) is 6.54 Å². The van der Waals surface area contributed by atoms with Crippen molar-refractivity contribution in [2.45, 2.75) is 10.9 Å². The Bertz CT molecular complexity index is 699. The van der Waals surface area contributed by atoms with Gasteiger partial charge in [0.2, 0.25) is 0 Å². The quantitative estimate of drug-likeness (QED) is 0.364. The summed E-state index contributed by atoms with van der Waals surface area (Å²) >= 11 is 3.53. The first-order chi connectivity index (χ1) is 10.4. The summed E-state index contributed by atoms with van der Waals surface area (Å²) in [6.07, 6.45) is 2.11. The van der Waals surface area contributed by atoms with Gasteiger partial charge in [0.15, 0.2) is 0 Å². The van der Waals surface area contributed by atoms with E-state index in [-0.39, 0.29) is 24.0 Å². The average Bonchev–Trinajstić information content (AvgIpc) is 2.97. The summed E-state index contributed by atoms with van der Waals surface area (Å²) in [7, 11) is 0. The SMILES string of the molecule is CSc1scc(-c2ccccc2)[n+]1NCc1ccccc1.[I-]. The molecule has 0 aliphatic carbocycles. The van der Waals surface area contributed by atoms with Crippen LogP contribution < -0.4 is 34.1 Å². The molecule has 1 heterocycles. The topological polar surface area (TPSA) is 15.9 Å². The van der Waals surface area contributed by atoms with Crippen molar-refractivity contribution in [2.75, 3.05) is 11.7 Å². The predicted octanol–water partition coefficient (Wildman–Crippen LogP) is 1.17. The zero-order valence-corrected chi connectivity index (χ0v) is 16.0. The number of halogens is 1. The largest absolute Gasteiger partial charge is 1.00 e. The first-order valence-corrected chi connectivity index (χ1v) is 8.89. The molecule has 0 radical (unpaired) electrons. The van der Waals surface area contributed by atoms with Crippen LogP contribution >= 0.6 is 23.1 Å². The molecule has 3 aromatic rings. The van der Waals surface area contributed by atoms with E-state index in [0.717, 1.165) is 6.54 Å². The minimum Gasteiger partial charge on any atom is -1.00 e. The van der Waals surface area contributed by atoms with E-state index in [4.69, 9.17) is 0 Å². The highest BCUT2D eigenvalue weighted by atomic mass is 127. The van der Waals surface area contributed by atoms with E-state index in [2.05, 4.69) is 70.3 Å². The van der Waals surface area contributed by atoms with Crippen LogP contribution in [0.15, 0.2) is 70.4 Å². The number of thioether (sulfide) groups is 1. The van der Waals surface area contributed by atoms with Gasteiger partial charge < -0.3 is 24.0 Å². The van der Waals surface area contributed by atoms with Gasteiger partial charge in [0.1, 0.15) is 0 Å². The second-order valence-electron chi connectivity index (χ2n) is 4.61. The van der Waals surface area contributed by atoms with Crippen molar-refractivity contribution in [1.82, 2.24) is 0 Å². The molecule has 22 heavy (non-hydrogen) atoms. The molecule has 0 amide bonds. The normalized spacial score (nSPS) is 10.0. The fourth-order valence-electron chi connectivity index (χ4n) is 2.17. The van der Waals surface area contributed by atoms with Gasteiger partial charge in [-0.05, 0) is 35.7 Å². The number of benzene rings is 2. The van der Waals surface area contributed by atoms with Crippen LogP contribution in [0, 0.1) is 0 Å². The maximum Gasteiger partial charge on any atom is 0.326 e. The van der Waals surface area contributed by atoms with E-state index < -0.39 is 0 Å².